The molecule has 0 atom stereocenters. The van der Waals surface area contributed by atoms with Gasteiger partial charge in [-0.2, -0.15) is 0 Å². The molecule has 0 saturated heterocycles. The molecule has 2 amide bonds. The van der Waals surface area contributed by atoms with E-state index in [4.69, 9.17) is 28.0 Å². The van der Waals surface area contributed by atoms with Crippen LogP contribution >= 0.6 is 11.6 Å². The Morgan fingerprint density at radius 1 is 1.23 bits per heavy atom. The average molecular weight is 429 g/mol. The van der Waals surface area contributed by atoms with Crippen molar-refractivity contribution in [2.45, 2.75) is 32.8 Å². The second-order valence-corrected chi connectivity index (χ2v) is 7.14. The Labute approximate surface area is 180 Å². The fourth-order valence-corrected chi connectivity index (χ4v) is 3.19. The van der Waals surface area contributed by atoms with Crippen molar-refractivity contribution < 1.29 is 9.53 Å². The van der Waals surface area contributed by atoms with Gasteiger partial charge in [-0.15, -0.1) is 5.10 Å². The molecule has 0 saturated carbocycles. The molecule has 2 aromatic carbocycles. The van der Waals surface area contributed by atoms with Crippen molar-refractivity contribution in [3.05, 3.63) is 70.9 Å². The first-order valence-corrected chi connectivity index (χ1v) is 10.0. The number of hydrogen-bond donors (Lipinski definition) is 3. The number of urea groups is 1. The molecule has 3 aromatic rings. The summed E-state index contributed by atoms with van der Waals surface area (Å²) in [6.07, 6.45) is 4.71. The summed E-state index contributed by atoms with van der Waals surface area (Å²) in [5.41, 5.74) is 5.33. The number of aromatic nitrogens is 2. The fourth-order valence-electron chi connectivity index (χ4n) is 3.06. The number of halogens is 1. The fraction of sp³-hybridized carbons (Fsp3) is 0.238. The number of amides is 2. The van der Waals surface area contributed by atoms with E-state index >= 15 is 0 Å². The standard InChI is InChI=1S/C21H25ClN6O2/c1-2-3-5-15-6-4-7-19(28(24)21(29)25-23)18(15)14-30-20-12-13-27(26-20)17-10-8-16(22)9-11-17/h4,6-13H,2-3,5,14,23-24H2,1H3,(H,25,29). The maximum atomic E-state index is 11.9. The number of carbonyl (C=O) groups is 1. The Bertz CT molecular complexity index is 989. The van der Waals surface area contributed by atoms with E-state index in [1.165, 1.54) is 0 Å². The van der Waals surface area contributed by atoms with Gasteiger partial charge in [0.05, 0.1) is 11.4 Å². The number of carbonyl (C=O) groups excluding carboxylic acids is 1. The first-order chi connectivity index (χ1) is 14.5. The highest BCUT2D eigenvalue weighted by molar-refractivity contribution is 6.30. The molecule has 30 heavy (non-hydrogen) atoms. The highest BCUT2D eigenvalue weighted by Crippen LogP contribution is 2.26. The van der Waals surface area contributed by atoms with Crippen molar-refractivity contribution in [2.24, 2.45) is 11.7 Å². The molecule has 158 valence electrons. The van der Waals surface area contributed by atoms with Gasteiger partial charge in [0.2, 0.25) is 5.88 Å². The molecule has 9 heteroatoms. The monoisotopic (exact) mass is 428 g/mol. The van der Waals surface area contributed by atoms with Crippen molar-refractivity contribution in [3.8, 4) is 11.6 Å². The van der Waals surface area contributed by atoms with E-state index in [0.717, 1.165) is 41.1 Å². The summed E-state index contributed by atoms with van der Waals surface area (Å²) in [6, 6.07) is 14.1. The number of aryl methyl sites for hydroxylation is 1. The normalized spacial score (nSPS) is 10.7. The second-order valence-electron chi connectivity index (χ2n) is 6.70. The van der Waals surface area contributed by atoms with E-state index in [1.54, 1.807) is 35.1 Å². The molecule has 0 aliphatic rings. The third kappa shape index (κ3) is 5.10. The number of nitrogens with one attached hydrogen (secondary N) is 1. The van der Waals surface area contributed by atoms with Crippen molar-refractivity contribution in [1.29, 1.82) is 0 Å². The zero-order chi connectivity index (χ0) is 21.5. The molecule has 0 aliphatic carbocycles. The molecule has 0 fully saturated rings. The van der Waals surface area contributed by atoms with Gasteiger partial charge in [-0.25, -0.2) is 26.2 Å². The van der Waals surface area contributed by atoms with Gasteiger partial charge in [0.15, 0.2) is 0 Å². The maximum Gasteiger partial charge on any atom is 0.350 e. The maximum absolute atomic E-state index is 11.9. The van der Waals surface area contributed by atoms with Crippen LogP contribution in [0.15, 0.2) is 54.7 Å². The lowest BCUT2D eigenvalue weighted by Crippen LogP contribution is -2.48. The lowest BCUT2D eigenvalue weighted by atomic mass is 10.0. The number of nitrogens with zero attached hydrogens (tertiary/aromatic N) is 3. The Kier molecular flexibility index (Phi) is 7.29. The van der Waals surface area contributed by atoms with Crippen molar-refractivity contribution in [1.82, 2.24) is 15.2 Å². The number of unbranched alkanes of at least 4 members (excludes halogenated alkanes) is 1. The number of anilines is 1. The third-order valence-electron chi connectivity index (χ3n) is 4.67. The van der Waals surface area contributed by atoms with Gasteiger partial charge in [-0.3, -0.25) is 5.43 Å². The first kappa shape index (κ1) is 21.6. The summed E-state index contributed by atoms with van der Waals surface area (Å²) in [5, 5.41) is 6.10. The van der Waals surface area contributed by atoms with Crippen LogP contribution in [0.3, 0.4) is 0 Å². The van der Waals surface area contributed by atoms with Crippen LogP contribution in [0, 0.1) is 0 Å². The second kappa shape index (κ2) is 10.1. The minimum Gasteiger partial charge on any atom is -0.472 e. The van der Waals surface area contributed by atoms with Gasteiger partial charge >= 0.3 is 6.03 Å². The summed E-state index contributed by atoms with van der Waals surface area (Å²) >= 11 is 5.94. The van der Waals surface area contributed by atoms with Gasteiger partial charge in [-0.05, 0) is 48.7 Å². The van der Waals surface area contributed by atoms with Gasteiger partial charge in [0.25, 0.3) is 0 Å². The van der Waals surface area contributed by atoms with Gasteiger partial charge in [0.1, 0.15) is 6.61 Å². The van der Waals surface area contributed by atoms with Crippen LogP contribution in [-0.4, -0.2) is 15.8 Å². The van der Waals surface area contributed by atoms with Gasteiger partial charge < -0.3 is 4.74 Å². The number of hydrazine groups is 2. The largest absolute Gasteiger partial charge is 0.472 e. The predicted molar refractivity (Wildman–Crippen MR) is 117 cm³/mol. The molecule has 3 rings (SSSR count). The van der Waals surface area contributed by atoms with Crippen LogP contribution < -0.4 is 26.9 Å². The van der Waals surface area contributed by atoms with Crippen LogP contribution in [0.2, 0.25) is 5.02 Å². The van der Waals surface area contributed by atoms with E-state index in [1.807, 2.05) is 29.7 Å². The molecular weight excluding hydrogens is 404 g/mol. The molecule has 1 heterocycles. The lowest BCUT2D eigenvalue weighted by Gasteiger charge is -2.21. The number of hydrogen-bond acceptors (Lipinski definition) is 5. The highest BCUT2D eigenvalue weighted by atomic mass is 35.5. The van der Waals surface area contributed by atoms with Crippen LogP contribution in [0.25, 0.3) is 5.69 Å². The number of ether oxygens (including phenoxy) is 1. The van der Waals surface area contributed by atoms with Crippen molar-refractivity contribution in [2.75, 3.05) is 5.01 Å². The van der Waals surface area contributed by atoms with Crippen LogP contribution in [0.4, 0.5) is 10.5 Å². The zero-order valence-electron chi connectivity index (χ0n) is 16.7. The molecule has 1 aromatic heterocycles. The number of rotatable bonds is 8. The Morgan fingerprint density at radius 2 is 2.00 bits per heavy atom. The summed E-state index contributed by atoms with van der Waals surface area (Å²) in [4.78, 5) is 11.9. The minimum atomic E-state index is -0.615. The topological polar surface area (TPSA) is 111 Å². The minimum absolute atomic E-state index is 0.207. The smallest absolute Gasteiger partial charge is 0.350 e. The third-order valence-corrected chi connectivity index (χ3v) is 4.92. The van der Waals surface area contributed by atoms with Gasteiger partial charge in [-0.1, -0.05) is 37.1 Å². The number of nitrogens with two attached hydrogens (primary N) is 2. The molecular formula is C21H25ClN6O2. The van der Waals surface area contributed by atoms with Crippen LogP contribution in [0.5, 0.6) is 5.88 Å². The quantitative estimate of drug-likeness (QED) is 0.287. The Hall–Kier alpha value is -3.07. The van der Waals surface area contributed by atoms with Crippen LogP contribution in [-0.2, 0) is 13.0 Å². The summed E-state index contributed by atoms with van der Waals surface area (Å²) in [5.74, 6) is 11.7. The zero-order valence-corrected chi connectivity index (χ0v) is 17.5. The molecule has 5 N–H and O–H groups in total. The molecule has 0 spiro atoms. The molecule has 0 radical (unpaired) electrons. The predicted octanol–water partition coefficient (Wildman–Crippen LogP) is 3.71. The average Bonchev–Trinajstić information content (AvgIpc) is 3.24. The van der Waals surface area contributed by atoms with Gasteiger partial charge in [0, 0.05) is 22.8 Å². The highest BCUT2D eigenvalue weighted by Gasteiger charge is 2.18. The number of benzene rings is 2. The summed E-state index contributed by atoms with van der Waals surface area (Å²) in [6.45, 7) is 2.33. The van der Waals surface area contributed by atoms with Crippen molar-refractivity contribution >= 4 is 23.3 Å². The molecule has 0 aliphatic heterocycles. The van der Waals surface area contributed by atoms with E-state index in [2.05, 4.69) is 12.0 Å². The first-order valence-electron chi connectivity index (χ1n) is 9.64. The molecule has 0 bridgehead atoms. The Morgan fingerprint density at radius 3 is 2.70 bits per heavy atom. The van der Waals surface area contributed by atoms with E-state index in [0.29, 0.717) is 16.6 Å². The Balaban J connectivity index is 1.82. The summed E-state index contributed by atoms with van der Waals surface area (Å²) < 4.78 is 7.64. The SMILES string of the molecule is CCCCc1cccc(N(N)C(=O)NN)c1COc1ccn(-c2ccc(Cl)cc2)n1. The van der Waals surface area contributed by atoms with Crippen molar-refractivity contribution in [3.63, 3.8) is 0 Å². The van der Waals surface area contributed by atoms with Crippen LogP contribution in [0.1, 0.15) is 30.9 Å². The van der Waals surface area contributed by atoms with E-state index in [9.17, 15) is 4.79 Å². The lowest BCUT2D eigenvalue weighted by molar-refractivity contribution is 0.246. The molecule has 0 unspecified atom stereocenters. The summed E-state index contributed by atoms with van der Waals surface area (Å²) in [7, 11) is 0. The molecule has 8 nitrogen and oxygen atoms in total. The van der Waals surface area contributed by atoms with E-state index < -0.39 is 6.03 Å². The van der Waals surface area contributed by atoms with E-state index in [-0.39, 0.29) is 6.61 Å².